The summed E-state index contributed by atoms with van der Waals surface area (Å²) in [6.45, 7) is -0.102. The Labute approximate surface area is 148 Å². The molecule has 136 valence electrons. The van der Waals surface area contributed by atoms with Gasteiger partial charge in [0, 0.05) is 34.9 Å². The fourth-order valence-corrected chi connectivity index (χ4v) is 5.10. The van der Waals surface area contributed by atoms with Crippen molar-refractivity contribution in [3.05, 3.63) is 40.8 Å². The van der Waals surface area contributed by atoms with Gasteiger partial charge in [-0.25, -0.2) is 0 Å². The maximum Gasteiger partial charge on any atom is 0.416 e. The van der Waals surface area contributed by atoms with Crippen LogP contribution in [0.5, 0.6) is 0 Å². The molecule has 1 aromatic rings. The second-order valence-electron chi connectivity index (χ2n) is 6.90. The molecule has 7 heteroatoms. The number of rotatable bonds is 2. The second-order valence-corrected chi connectivity index (χ2v) is 7.84. The van der Waals surface area contributed by atoms with Crippen molar-refractivity contribution in [2.75, 3.05) is 17.7 Å². The zero-order valence-corrected chi connectivity index (χ0v) is 14.3. The first-order chi connectivity index (χ1) is 12.0. The number of thioether (sulfide) groups is 1. The number of ether oxygens (including phenoxy) is 1. The summed E-state index contributed by atoms with van der Waals surface area (Å²) in [4.78, 5) is 0. The number of fused-ring (bicyclic) bond motifs is 3. The van der Waals surface area contributed by atoms with Crippen molar-refractivity contribution in [2.24, 2.45) is 11.8 Å². The Balaban J connectivity index is 1.73. The molecule has 1 saturated heterocycles. The molecule has 3 heterocycles. The lowest BCUT2D eigenvalue weighted by Crippen LogP contribution is -2.47. The molecular weight excluding hydrogens is 351 g/mol. The molecule has 0 spiro atoms. The Kier molecular flexibility index (Phi) is 4.50. The van der Waals surface area contributed by atoms with E-state index in [2.05, 4.69) is 16.8 Å². The summed E-state index contributed by atoms with van der Waals surface area (Å²) < 4.78 is 45.4. The minimum atomic E-state index is -4.38. The molecule has 1 fully saturated rings. The van der Waals surface area contributed by atoms with Crippen LogP contribution < -0.4 is 5.32 Å². The van der Waals surface area contributed by atoms with Crippen molar-refractivity contribution < 1.29 is 23.0 Å². The van der Waals surface area contributed by atoms with Gasteiger partial charge < -0.3 is 15.2 Å². The third-order valence-corrected chi connectivity index (χ3v) is 6.32. The zero-order valence-electron chi connectivity index (χ0n) is 13.5. The SMILES string of the molecule is OCC1CC[C@@H]2[C@H](O1)c1cc(C(F)(F)F)ccc1N[C@H]2C1C=CSC1. The van der Waals surface area contributed by atoms with Crippen molar-refractivity contribution in [1.82, 2.24) is 0 Å². The summed E-state index contributed by atoms with van der Waals surface area (Å²) in [5.74, 6) is 1.41. The molecule has 0 amide bonds. The Bertz CT molecular complexity index is 679. The van der Waals surface area contributed by atoms with E-state index in [1.54, 1.807) is 11.8 Å². The fourth-order valence-electron chi connectivity index (χ4n) is 4.13. The molecule has 1 aromatic carbocycles. The van der Waals surface area contributed by atoms with Crippen LogP contribution in [0.15, 0.2) is 29.7 Å². The van der Waals surface area contributed by atoms with Crippen LogP contribution in [0.4, 0.5) is 18.9 Å². The van der Waals surface area contributed by atoms with Crippen LogP contribution in [0.25, 0.3) is 0 Å². The van der Waals surface area contributed by atoms with Crippen LogP contribution in [0.1, 0.15) is 30.1 Å². The minimum absolute atomic E-state index is 0.102. The quantitative estimate of drug-likeness (QED) is 0.817. The van der Waals surface area contributed by atoms with Gasteiger partial charge in [0.1, 0.15) is 0 Å². The normalized spacial score (nSPS) is 34.3. The van der Waals surface area contributed by atoms with E-state index in [1.807, 2.05) is 0 Å². The lowest BCUT2D eigenvalue weighted by Gasteiger charge is -2.47. The lowest BCUT2D eigenvalue weighted by atomic mass is 9.74. The van der Waals surface area contributed by atoms with Gasteiger partial charge in [-0.05, 0) is 36.4 Å². The highest BCUT2D eigenvalue weighted by molar-refractivity contribution is 8.02. The zero-order chi connectivity index (χ0) is 17.6. The predicted octanol–water partition coefficient (Wildman–Crippen LogP) is 4.20. The van der Waals surface area contributed by atoms with Gasteiger partial charge in [0.05, 0.1) is 24.4 Å². The molecule has 3 nitrogen and oxygen atoms in total. The average Bonchev–Trinajstić information content (AvgIpc) is 3.13. The number of hydrogen-bond donors (Lipinski definition) is 2. The van der Waals surface area contributed by atoms with Gasteiger partial charge in [-0.2, -0.15) is 13.2 Å². The number of halogens is 3. The Morgan fingerprint density at radius 2 is 2.12 bits per heavy atom. The number of aliphatic hydroxyl groups excluding tert-OH is 1. The summed E-state index contributed by atoms with van der Waals surface area (Å²) in [6, 6.07) is 3.98. The van der Waals surface area contributed by atoms with Crippen molar-refractivity contribution in [3.63, 3.8) is 0 Å². The van der Waals surface area contributed by atoms with Gasteiger partial charge in [0.2, 0.25) is 0 Å². The number of anilines is 1. The first kappa shape index (κ1) is 17.2. The second kappa shape index (κ2) is 6.52. The molecule has 4 rings (SSSR count). The van der Waals surface area contributed by atoms with E-state index in [1.165, 1.54) is 12.1 Å². The van der Waals surface area contributed by atoms with Crippen LogP contribution in [0.3, 0.4) is 0 Å². The van der Waals surface area contributed by atoms with E-state index in [0.29, 0.717) is 17.2 Å². The molecular formula is C18H20F3NO2S. The third-order valence-electron chi connectivity index (χ3n) is 5.39. The van der Waals surface area contributed by atoms with Crippen LogP contribution in [0, 0.1) is 11.8 Å². The Morgan fingerprint density at radius 1 is 1.28 bits per heavy atom. The van der Waals surface area contributed by atoms with Crippen molar-refractivity contribution >= 4 is 17.4 Å². The van der Waals surface area contributed by atoms with E-state index in [9.17, 15) is 18.3 Å². The fraction of sp³-hybridized carbons (Fsp3) is 0.556. The molecule has 0 saturated carbocycles. The molecule has 0 radical (unpaired) electrons. The summed E-state index contributed by atoms with van der Waals surface area (Å²) >= 11 is 1.76. The molecule has 2 N–H and O–H groups in total. The van der Waals surface area contributed by atoms with Gasteiger partial charge in [-0.15, -0.1) is 11.8 Å². The number of nitrogens with one attached hydrogen (secondary N) is 1. The highest BCUT2D eigenvalue weighted by Gasteiger charge is 2.45. The highest BCUT2D eigenvalue weighted by atomic mass is 32.2. The first-order valence-electron chi connectivity index (χ1n) is 8.49. The van der Waals surface area contributed by atoms with E-state index in [4.69, 9.17) is 4.74 Å². The molecule has 0 bridgehead atoms. The summed E-state index contributed by atoms with van der Waals surface area (Å²) in [5, 5.41) is 15.0. The topological polar surface area (TPSA) is 41.5 Å². The monoisotopic (exact) mass is 371 g/mol. The standard InChI is InChI=1S/C18H20F3NO2S/c19-18(20,21)11-1-4-15-14(7-11)17-13(3-2-12(8-23)24-17)16(22-15)10-5-6-25-9-10/h1,4-7,10,12-13,16-17,22-23H,2-3,8-9H2/t10?,12?,13-,16-,17-/m0/s1. The van der Waals surface area contributed by atoms with Crippen LogP contribution in [-0.4, -0.2) is 29.6 Å². The molecule has 3 aliphatic rings. The summed E-state index contributed by atoms with van der Waals surface area (Å²) in [6.07, 6.45) is -1.36. The van der Waals surface area contributed by atoms with Crippen LogP contribution in [-0.2, 0) is 10.9 Å². The molecule has 5 atom stereocenters. The van der Waals surface area contributed by atoms with Crippen molar-refractivity contribution in [2.45, 2.75) is 37.3 Å². The number of aliphatic hydroxyl groups is 1. The molecule has 0 aromatic heterocycles. The Morgan fingerprint density at radius 3 is 2.80 bits per heavy atom. The van der Waals surface area contributed by atoms with Gasteiger partial charge in [-0.1, -0.05) is 6.08 Å². The van der Waals surface area contributed by atoms with Gasteiger partial charge in [0.25, 0.3) is 0 Å². The summed E-state index contributed by atoms with van der Waals surface area (Å²) in [5.41, 5.74) is 0.614. The van der Waals surface area contributed by atoms with Crippen LogP contribution >= 0.6 is 11.8 Å². The minimum Gasteiger partial charge on any atom is -0.394 e. The highest BCUT2D eigenvalue weighted by Crippen LogP contribution is 2.49. The van der Waals surface area contributed by atoms with E-state index in [-0.39, 0.29) is 24.7 Å². The van der Waals surface area contributed by atoms with Gasteiger partial charge >= 0.3 is 6.18 Å². The van der Waals surface area contributed by atoms with Gasteiger partial charge in [0.15, 0.2) is 0 Å². The maximum atomic E-state index is 13.1. The molecule has 25 heavy (non-hydrogen) atoms. The smallest absolute Gasteiger partial charge is 0.394 e. The largest absolute Gasteiger partial charge is 0.416 e. The first-order valence-corrected chi connectivity index (χ1v) is 9.54. The summed E-state index contributed by atoms with van der Waals surface area (Å²) in [7, 11) is 0. The van der Waals surface area contributed by atoms with E-state index < -0.39 is 17.8 Å². The van der Waals surface area contributed by atoms with Crippen molar-refractivity contribution in [3.8, 4) is 0 Å². The van der Waals surface area contributed by atoms with Gasteiger partial charge in [-0.3, -0.25) is 0 Å². The van der Waals surface area contributed by atoms with E-state index >= 15 is 0 Å². The third kappa shape index (κ3) is 3.17. The molecule has 3 aliphatic heterocycles. The van der Waals surface area contributed by atoms with E-state index in [0.717, 1.165) is 24.7 Å². The number of benzene rings is 1. The number of hydrogen-bond acceptors (Lipinski definition) is 4. The van der Waals surface area contributed by atoms with Crippen LogP contribution in [0.2, 0.25) is 0 Å². The average molecular weight is 371 g/mol. The van der Waals surface area contributed by atoms with Crippen molar-refractivity contribution in [1.29, 1.82) is 0 Å². The predicted molar refractivity (Wildman–Crippen MR) is 91.4 cm³/mol. The maximum absolute atomic E-state index is 13.1. The molecule has 0 aliphatic carbocycles. The molecule has 2 unspecified atom stereocenters. The Hall–Kier alpha value is -1.18. The lowest BCUT2D eigenvalue weighted by molar-refractivity contribution is -0.138. The number of alkyl halides is 3.